The third-order valence-corrected chi connectivity index (χ3v) is 6.59. The summed E-state index contributed by atoms with van der Waals surface area (Å²) < 4.78 is 11.4. The number of hydrogen-bond donors (Lipinski definition) is 1. The molecule has 6 nitrogen and oxygen atoms in total. The molecular weight excluding hydrogens is 412 g/mol. The van der Waals surface area contributed by atoms with Crippen LogP contribution in [0.25, 0.3) is 0 Å². The summed E-state index contributed by atoms with van der Waals surface area (Å²) in [5, 5.41) is 3.71. The van der Waals surface area contributed by atoms with Crippen LogP contribution >= 0.6 is 11.6 Å². The molecule has 1 aliphatic carbocycles. The van der Waals surface area contributed by atoms with Gasteiger partial charge in [0.1, 0.15) is 5.02 Å². The third-order valence-electron chi connectivity index (χ3n) is 6.33. The molecule has 0 bridgehead atoms. The molecule has 1 N–H and O–H groups in total. The number of nitrogens with one attached hydrogen (secondary N) is 1. The topological polar surface area (TPSA) is 59.5 Å². The average molecular weight is 445 g/mol. The molecule has 4 rings (SSSR count). The highest BCUT2D eigenvalue weighted by molar-refractivity contribution is 6.31. The highest BCUT2D eigenvalue weighted by Crippen LogP contribution is 2.32. The van der Waals surface area contributed by atoms with Gasteiger partial charge in [0.15, 0.2) is 0 Å². The fourth-order valence-electron chi connectivity index (χ4n) is 4.51. The van der Waals surface area contributed by atoms with Gasteiger partial charge in [-0.25, -0.2) is 4.98 Å². The smallest absolute Gasteiger partial charge is 0.237 e. The first-order valence-corrected chi connectivity index (χ1v) is 11.9. The summed E-state index contributed by atoms with van der Waals surface area (Å²) in [6.45, 7) is 6.35. The number of rotatable bonds is 8. The molecule has 0 spiro atoms. The van der Waals surface area contributed by atoms with Crippen LogP contribution in [-0.2, 0) is 4.74 Å². The number of aromatic nitrogens is 2. The van der Waals surface area contributed by atoms with Crippen LogP contribution in [0.3, 0.4) is 0 Å². The fourth-order valence-corrected chi connectivity index (χ4v) is 4.66. The van der Waals surface area contributed by atoms with Crippen molar-refractivity contribution >= 4 is 28.9 Å². The van der Waals surface area contributed by atoms with Crippen molar-refractivity contribution in [2.75, 3.05) is 43.1 Å². The Bertz CT molecular complexity index is 819. The molecule has 1 aliphatic heterocycles. The van der Waals surface area contributed by atoms with Gasteiger partial charge in [-0.15, -0.1) is 0 Å². The van der Waals surface area contributed by atoms with E-state index in [1.54, 1.807) is 6.20 Å². The molecule has 2 fully saturated rings. The number of morpholine rings is 1. The Hall–Kier alpha value is -2.05. The second-order valence-corrected chi connectivity index (χ2v) is 9.01. The summed E-state index contributed by atoms with van der Waals surface area (Å²) in [6, 6.07) is 8.29. The molecule has 2 heterocycles. The van der Waals surface area contributed by atoms with E-state index in [2.05, 4.69) is 39.2 Å². The van der Waals surface area contributed by atoms with Gasteiger partial charge in [-0.1, -0.05) is 44.2 Å². The molecule has 1 saturated carbocycles. The first kappa shape index (κ1) is 22.2. The molecular formula is C24H33ClN4O2. The Kier molecular flexibility index (Phi) is 7.86. The van der Waals surface area contributed by atoms with Crippen molar-refractivity contribution in [3.63, 3.8) is 0 Å². The van der Waals surface area contributed by atoms with Crippen LogP contribution in [-0.4, -0.2) is 42.9 Å². The molecule has 7 heteroatoms. The van der Waals surface area contributed by atoms with Gasteiger partial charge in [0.05, 0.1) is 26.0 Å². The Labute approximate surface area is 190 Å². The highest BCUT2D eigenvalue weighted by atomic mass is 35.5. The summed E-state index contributed by atoms with van der Waals surface area (Å²) in [7, 11) is 0. The molecule has 0 amide bonds. The fraction of sp³-hybridized carbons (Fsp3) is 0.583. The van der Waals surface area contributed by atoms with E-state index in [4.69, 9.17) is 21.1 Å². The van der Waals surface area contributed by atoms with Crippen molar-refractivity contribution in [3.8, 4) is 5.88 Å². The monoisotopic (exact) mass is 444 g/mol. The minimum atomic E-state index is 0.452. The highest BCUT2D eigenvalue weighted by Gasteiger charge is 2.21. The zero-order valence-corrected chi connectivity index (χ0v) is 19.1. The second-order valence-electron chi connectivity index (χ2n) is 8.60. The van der Waals surface area contributed by atoms with E-state index < -0.39 is 0 Å². The number of anilines is 3. The molecule has 2 aromatic rings. The van der Waals surface area contributed by atoms with Gasteiger partial charge in [-0.3, -0.25) is 0 Å². The predicted molar refractivity (Wildman–Crippen MR) is 126 cm³/mol. The minimum absolute atomic E-state index is 0.452. The van der Waals surface area contributed by atoms with Gasteiger partial charge < -0.3 is 19.7 Å². The van der Waals surface area contributed by atoms with Crippen molar-refractivity contribution in [3.05, 3.63) is 35.5 Å². The zero-order valence-electron chi connectivity index (χ0n) is 18.4. The first-order valence-electron chi connectivity index (χ1n) is 11.6. The maximum Gasteiger partial charge on any atom is 0.237 e. The Morgan fingerprint density at radius 1 is 1.10 bits per heavy atom. The number of halogens is 1. The molecule has 1 aromatic heterocycles. The van der Waals surface area contributed by atoms with E-state index in [0.717, 1.165) is 37.9 Å². The van der Waals surface area contributed by atoms with E-state index >= 15 is 0 Å². The van der Waals surface area contributed by atoms with Crippen LogP contribution in [0.4, 0.5) is 17.3 Å². The normalized spacial score (nSPS) is 21.7. The number of hydrogen-bond acceptors (Lipinski definition) is 6. The SMILES string of the molecule is CCCC1CCC(COc2nc(Nc3ccc(N4CCOCC4)cc3)ncc2Cl)CC1. The van der Waals surface area contributed by atoms with E-state index in [1.807, 2.05) is 12.1 Å². The largest absolute Gasteiger partial charge is 0.476 e. The first-order chi connectivity index (χ1) is 15.2. The van der Waals surface area contributed by atoms with E-state index in [0.29, 0.717) is 29.4 Å². The van der Waals surface area contributed by atoms with Crippen LogP contribution in [0.5, 0.6) is 5.88 Å². The number of benzene rings is 1. The summed E-state index contributed by atoms with van der Waals surface area (Å²) >= 11 is 6.29. The van der Waals surface area contributed by atoms with Crippen LogP contribution in [0.1, 0.15) is 45.4 Å². The second kappa shape index (κ2) is 11.0. The molecule has 1 aromatic carbocycles. The van der Waals surface area contributed by atoms with Gasteiger partial charge in [0.2, 0.25) is 11.8 Å². The van der Waals surface area contributed by atoms with Gasteiger partial charge >= 0.3 is 0 Å². The lowest BCUT2D eigenvalue weighted by atomic mass is 9.80. The Morgan fingerprint density at radius 3 is 2.52 bits per heavy atom. The van der Waals surface area contributed by atoms with Crippen molar-refractivity contribution in [2.24, 2.45) is 11.8 Å². The molecule has 0 atom stereocenters. The Balaban J connectivity index is 1.31. The third kappa shape index (κ3) is 6.23. The van der Waals surface area contributed by atoms with Gasteiger partial charge in [-0.05, 0) is 48.9 Å². The summed E-state index contributed by atoms with van der Waals surface area (Å²) in [5.74, 6) is 2.43. The molecule has 1 saturated heterocycles. The maximum atomic E-state index is 6.29. The van der Waals surface area contributed by atoms with Crippen LogP contribution in [0, 0.1) is 11.8 Å². The minimum Gasteiger partial charge on any atom is -0.476 e. The Morgan fingerprint density at radius 2 is 1.81 bits per heavy atom. The molecule has 31 heavy (non-hydrogen) atoms. The quantitative estimate of drug-likeness (QED) is 0.563. The molecule has 0 radical (unpaired) electrons. The zero-order chi connectivity index (χ0) is 21.5. The van der Waals surface area contributed by atoms with Crippen LogP contribution in [0.15, 0.2) is 30.5 Å². The van der Waals surface area contributed by atoms with Gasteiger partial charge in [-0.2, -0.15) is 4.98 Å². The van der Waals surface area contributed by atoms with Crippen molar-refractivity contribution < 1.29 is 9.47 Å². The molecule has 2 aliphatic rings. The van der Waals surface area contributed by atoms with Crippen molar-refractivity contribution in [1.82, 2.24) is 9.97 Å². The average Bonchev–Trinajstić information content (AvgIpc) is 2.82. The maximum absolute atomic E-state index is 6.29. The summed E-state index contributed by atoms with van der Waals surface area (Å²) in [5.41, 5.74) is 2.13. The van der Waals surface area contributed by atoms with Gasteiger partial charge in [0, 0.05) is 24.5 Å². The van der Waals surface area contributed by atoms with E-state index in [9.17, 15) is 0 Å². The lowest BCUT2D eigenvalue weighted by Crippen LogP contribution is -2.36. The van der Waals surface area contributed by atoms with Crippen LogP contribution in [0.2, 0.25) is 5.02 Å². The van der Waals surface area contributed by atoms with E-state index in [-0.39, 0.29) is 0 Å². The summed E-state index contributed by atoms with van der Waals surface area (Å²) in [4.78, 5) is 11.1. The van der Waals surface area contributed by atoms with Crippen molar-refractivity contribution in [1.29, 1.82) is 0 Å². The molecule has 0 unspecified atom stereocenters. The van der Waals surface area contributed by atoms with Crippen LogP contribution < -0.4 is 15.0 Å². The summed E-state index contributed by atoms with van der Waals surface area (Å²) in [6.07, 6.45) is 9.33. The number of ether oxygens (including phenoxy) is 2. The van der Waals surface area contributed by atoms with Crippen molar-refractivity contribution in [2.45, 2.75) is 45.4 Å². The predicted octanol–water partition coefficient (Wildman–Crippen LogP) is 5.70. The number of nitrogens with zero attached hydrogens (tertiary/aromatic N) is 3. The van der Waals surface area contributed by atoms with Gasteiger partial charge in [0.25, 0.3) is 0 Å². The molecule has 168 valence electrons. The lowest BCUT2D eigenvalue weighted by molar-refractivity contribution is 0.122. The lowest BCUT2D eigenvalue weighted by Gasteiger charge is -2.28. The standard InChI is InChI=1S/C24H33ClN4O2/c1-2-3-18-4-6-19(7-5-18)17-31-23-22(25)16-26-24(28-23)27-20-8-10-21(11-9-20)29-12-14-30-15-13-29/h8-11,16,18-19H,2-7,12-15,17H2,1H3,(H,26,27,28). The van der Waals surface area contributed by atoms with E-state index in [1.165, 1.54) is 44.2 Å².